The van der Waals surface area contributed by atoms with E-state index in [4.69, 9.17) is 4.74 Å². The Morgan fingerprint density at radius 3 is 2.70 bits per heavy atom. The van der Waals surface area contributed by atoms with Crippen LogP contribution in [0.3, 0.4) is 0 Å². The number of nitrogens with one attached hydrogen (secondary N) is 1. The molecule has 23 heavy (non-hydrogen) atoms. The van der Waals surface area contributed by atoms with Gasteiger partial charge in [-0.3, -0.25) is 4.79 Å². The Morgan fingerprint density at radius 2 is 1.91 bits per heavy atom. The molecule has 2 aromatic carbocycles. The fraction of sp³-hybridized carbons (Fsp3) is 0.150. The van der Waals surface area contributed by atoms with Gasteiger partial charge >= 0.3 is 5.97 Å². The molecule has 3 heteroatoms. The van der Waals surface area contributed by atoms with Crippen LogP contribution in [0.2, 0.25) is 0 Å². The minimum atomic E-state index is -0.236. The van der Waals surface area contributed by atoms with Gasteiger partial charge in [-0.15, -0.1) is 0 Å². The molecule has 3 rings (SSSR count). The number of rotatable bonds is 6. The zero-order valence-corrected chi connectivity index (χ0v) is 12.9. The molecular weight excluding hydrogens is 286 g/mol. The first-order chi connectivity index (χ1) is 11.2. The molecule has 0 saturated heterocycles. The number of esters is 1. The molecule has 0 aliphatic rings. The van der Waals surface area contributed by atoms with Crippen molar-refractivity contribution in [2.24, 2.45) is 0 Å². The number of hydrogen-bond donors (Lipinski definition) is 1. The van der Waals surface area contributed by atoms with Gasteiger partial charge in [-0.05, 0) is 28.6 Å². The maximum atomic E-state index is 11.7. The van der Waals surface area contributed by atoms with Gasteiger partial charge in [-0.25, -0.2) is 0 Å². The predicted molar refractivity (Wildman–Crippen MR) is 92.4 cm³/mol. The molecule has 0 saturated carbocycles. The number of carbonyl (C=O) groups is 1. The molecule has 0 fully saturated rings. The van der Waals surface area contributed by atoms with Crippen LogP contribution in [0.15, 0.2) is 67.3 Å². The van der Waals surface area contributed by atoms with Gasteiger partial charge in [0.05, 0.1) is 6.42 Å². The summed E-state index contributed by atoms with van der Waals surface area (Å²) in [4.78, 5) is 15.1. The highest BCUT2D eigenvalue weighted by molar-refractivity contribution is 5.83. The van der Waals surface area contributed by atoms with Crippen LogP contribution >= 0.6 is 0 Å². The average Bonchev–Trinajstić information content (AvgIpc) is 2.95. The summed E-state index contributed by atoms with van der Waals surface area (Å²) in [6.07, 6.45) is 2.71. The molecule has 0 aliphatic heterocycles. The molecule has 3 aromatic rings. The van der Waals surface area contributed by atoms with Crippen molar-refractivity contribution < 1.29 is 9.53 Å². The number of aromatic amines is 1. The third-order valence-electron chi connectivity index (χ3n) is 3.69. The smallest absolute Gasteiger partial charge is 0.310 e. The number of fused-ring (bicyclic) bond motifs is 1. The van der Waals surface area contributed by atoms with Crippen LogP contribution in [0.1, 0.15) is 16.8 Å². The van der Waals surface area contributed by atoms with E-state index in [0.717, 1.165) is 28.6 Å². The number of H-pyrrole nitrogens is 1. The van der Waals surface area contributed by atoms with E-state index in [9.17, 15) is 4.79 Å². The van der Waals surface area contributed by atoms with Crippen LogP contribution in [0.5, 0.6) is 0 Å². The van der Waals surface area contributed by atoms with Gasteiger partial charge < -0.3 is 9.72 Å². The van der Waals surface area contributed by atoms with Crippen molar-refractivity contribution in [1.29, 1.82) is 0 Å². The van der Waals surface area contributed by atoms with Crippen molar-refractivity contribution in [3.63, 3.8) is 0 Å². The summed E-state index contributed by atoms with van der Waals surface area (Å²) >= 11 is 0. The van der Waals surface area contributed by atoms with Crippen LogP contribution in [-0.2, 0) is 22.4 Å². The molecule has 0 unspecified atom stereocenters. The highest BCUT2D eigenvalue weighted by Crippen LogP contribution is 2.19. The Labute approximate surface area is 135 Å². The Balaban J connectivity index is 1.75. The lowest BCUT2D eigenvalue weighted by Crippen LogP contribution is -2.07. The zero-order chi connectivity index (χ0) is 16.1. The predicted octanol–water partition coefficient (Wildman–Crippen LogP) is 4.03. The second-order valence-corrected chi connectivity index (χ2v) is 5.53. The fourth-order valence-electron chi connectivity index (χ4n) is 2.62. The molecule has 3 nitrogen and oxygen atoms in total. The van der Waals surface area contributed by atoms with Crippen LogP contribution in [0.4, 0.5) is 0 Å². The molecule has 0 amide bonds. The SMILES string of the molecule is C=CCOC(=O)Cc1ccc2cc(Cc3ccccc3)[nH]c2c1. The molecule has 0 bridgehead atoms. The number of carbonyl (C=O) groups excluding carboxylic acids is 1. The monoisotopic (exact) mass is 305 g/mol. The summed E-state index contributed by atoms with van der Waals surface area (Å²) < 4.78 is 5.02. The average molecular weight is 305 g/mol. The largest absolute Gasteiger partial charge is 0.461 e. The van der Waals surface area contributed by atoms with Crippen molar-refractivity contribution in [3.8, 4) is 0 Å². The van der Waals surface area contributed by atoms with Crippen LogP contribution in [0, 0.1) is 0 Å². The topological polar surface area (TPSA) is 42.1 Å². The lowest BCUT2D eigenvalue weighted by atomic mass is 10.1. The normalized spacial score (nSPS) is 10.6. The molecule has 1 heterocycles. The Bertz CT molecular complexity index is 818. The summed E-state index contributed by atoms with van der Waals surface area (Å²) in [6, 6.07) is 18.5. The quantitative estimate of drug-likeness (QED) is 0.552. The van der Waals surface area contributed by atoms with Crippen molar-refractivity contribution in [2.75, 3.05) is 6.61 Å². The molecule has 1 N–H and O–H groups in total. The Morgan fingerprint density at radius 1 is 1.09 bits per heavy atom. The first-order valence-electron chi connectivity index (χ1n) is 7.65. The summed E-state index contributed by atoms with van der Waals surface area (Å²) in [5.74, 6) is -0.236. The van der Waals surface area contributed by atoms with Crippen LogP contribution in [0.25, 0.3) is 10.9 Å². The molecule has 0 radical (unpaired) electrons. The van der Waals surface area contributed by atoms with Gasteiger partial charge in [-0.2, -0.15) is 0 Å². The lowest BCUT2D eigenvalue weighted by Gasteiger charge is -2.02. The zero-order valence-electron chi connectivity index (χ0n) is 12.9. The summed E-state index contributed by atoms with van der Waals surface area (Å²) in [5, 5.41) is 1.15. The van der Waals surface area contributed by atoms with E-state index in [0.29, 0.717) is 0 Å². The molecule has 116 valence electrons. The molecule has 0 aliphatic carbocycles. The van der Waals surface area contributed by atoms with Crippen LogP contribution in [-0.4, -0.2) is 17.6 Å². The second kappa shape index (κ2) is 6.97. The van der Waals surface area contributed by atoms with Crippen molar-refractivity contribution >= 4 is 16.9 Å². The molecule has 0 atom stereocenters. The van der Waals surface area contributed by atoms with E-state index in [1.54, 1.807) is 6.08 Å². The minimum absolute atomic E-state index is 0.236. The first-order valence-corrected chi connectivity index (χ1v) is 7.65. The van der Waals surface area contributed by atoms with E-state index in [1.165, 1.54) is 5.56 Å². The van der Waals surface area contributed by atoms with Gasteiger partial charge in [0, 0.05) is 17.6 Å². The lowest BCUT2D eigenvalue weighted by molar-refractivity contribution is -0.141. The molecular formula is C20H19NO2. The second-order valence-electron chi connectivity index (χ2n) is 5.53. The van der Waals surface area contributed by atoms with E-state index < -0.39 is 0 Å². The van der Waals surface area contributed by atoms with Gasteiger partial charge in [-0.1, -0.05) is 55.1 Å². The maximum absolute atomic E-state index is 11.7. The Hall–Kier alpha value is -2.81. The van der Waals surface area contributed by atoms with Crippen LogP contribution < -0.4 is 0 Å². The van der Waals surface area contributed by atoms with E-state index in [2.05, 4.69) is 29.8 Å². The van der Waals surface area contributed by atoms with Crippen molar-refractivity contribution in [3.05, 3.63) is 84.1 Å². The number of aromatic nitrogens is 1. The van der Waals surface area contributed by atoms with E-state index >= 15 is 0 Å². The van der Waals surface area contributed by atoms with Gasteiger partial charge in [0.2, 0.25) is 0 Å². The highest BCUT2D eigenvalue weighted by Gasteiger charge is 2.07. The minimum Gasteiger partial charge on any atom is -0.461 e. The van der Waals surface area contributed by atoms with Gasteiger partial charge in [0.25, 0.3) is 0 Å². The Kier molecular flexibility index (Phi) is 4.57. The highest BCUT2D eigenvalue weighted by atomic mass is 16.5. The summed E-state index contributed by atoms with van der Waals surface area (Å²) in [7, 11) is 0. The molecule has 0 spiro atoms. The van der Waals surface area contributed by atoms with Crippen molar-refractivity contribution in [1.82, 2.24) is 4.98 Å². The van der Waals surface area contributed by atoms with Crippen molar-refractivity contribution in [2.45, 2.75) is 12.8 Å². The third kappa shape index (κ3) is 3.89. The summed E-state index contributed by atoms with van der Waals surface area (Å²) in [5.41, 5.74) is 4.43. The number of hydrogen-bond acceptors (Lipinski definition) is 2. The maximum Gasteiger partial charge on any atom is 0.310 e. The number of benzene rings is 2. The van der Waals surface area contributed by atoms with Gasteiger partial charge in [0.15, 0.2) is 0 Å². The van der Waals surface area contributed by atoms with E-state index in [1.807, 2.05) is 36.4 Å². The summed E-state index contributed by atoms with van der Waals surface area (Å²) in [6.45, 7) is 3.79. The van der Waals surface area contributed by atoms with Gasteiger partial charge in [0.1, 0.15) is 6.61 Å². The standard InChI is InChI=1S/C20H19NO2/c1-2-10-23-20(22)13-16-8-9-17-14-18(21-19(17)12-16)11-15-6-4-3-5-7-15/h2-9,12,14,21H,1,10-11,13H2. The third-order valence-corrected chi connectivity index (χ3v) is 3.69. The first kappa shape index (κ1) is 15.1. The molecule has 1 aromatic heterocycles. The van der Waals surface area contributed by atoms with E-state index in [-0.39, 0.29) is 19.0 Å². The fourth-order valence-corrected chi connectivity index (χ4v) is 2.62. The number of ether oxygens (including phenoxy) is 1.